The zero-order valence-corrected chi connectivity index (χ0v) is 19.8. The molecule has 0 spiro atoms. The Morgan fingerprint density at radius 2 is 1.63 bits per heavy atom. The highest BCUT2D eigenvalue weighted by Gasteiger charge is 2.10. The third-order valence-corrected chi connectivity index (χ3v) is 4.61. The first-order valence-electron chi connectivity index (χ1n) is 9.43. The lowest BCUT2D eigenvalue weighted by Crippen LogP contribution is -2.36. The number of aromatic nitrogens is 2. The number of nitrogens with zero attached hydrogens (tertiary/aromatic N) is 3. The fourth-order valence-corrected chi connectivity index (χ4v) is 3.12. The second-order valence-electron chi connectivity index (χ2n) is 6.40. The van der Waals surface area contributed by atoms with Crippen molar-refractivity contribution in [1.82, 2.24) is 20.4 Å². The highest BCUT2D eigenvalue weighted by Crippen LogP contribution is 2.30. The number of nitrogens with one attached hydrogen (secondary N) is 2. The first-order valence-corrected chi connectivity index (χ1v) is 9.43. The van der Waals surface area contributed by atoms with Crippen LogP contribution in [0.1, 0.15) is 16.7 Å². The lowest BCUT2D eigenvalue weighted by atomic mass is 10.1. The molecule has 0 aliphatic carbocycles. The van der Waals surface area contributed by atoms with E-state index in [1.54, 1.807) is 27.5 Å². The number of rotatable bonds is 8. The molecule has 0 aliphatic heterocycles. The molecule has 0 fully saturated rings. The van der Waals surface area contributed by atoms with Crippen LogP contribution in [-0.4, -0.2) is 37.0 Å². The minimum absolute atomic E-state index is 0. The summed E-state index contributed by atoms with van der Waals surface area (Å²) in [6.45, 7) is 1.96. The minimum atomic E-state index is 0. The average Bonchev–Trinajstić information content (AvgIpc) is 3.27. The van der Waals surface area contributed by atoms with Crippen LogP contribution in [0.5, 0.6) is 11.5 Å². The molecule has 0 atom stereocenters. The molecular weight excluding hydrogens is 493 g/mol. The van der Waals surface area contributed by atoms with Crippen molar-refractivity contribution < 1.29 is 9.47 Å². The van der Waals surface area contributed by atoms with Gasteiger partial charge in [-0.15, -0.1) is 24.0 Å². The van der Waals surface area contributed by atoms with E-state index in [0.29, 0.717) is 24.8 Å². The third-order valence-electron chi connectivity index (χ3n) is 4.61. The van der Waals surface area contributed by atoms with E-state index < -0.39 is 0 Å². The zero-order valence-electron chi connectivity index (χ0n) is 17.5. The highest BCUT2D eigenvalue weighted by molar-refractivity contribution is 14.0. The van der Waals surface area contributed by atoms with E-state index in [0.717, 1.165) is 17.9 Å². The summed E-state index contributed by atoms with van der Waals surface area (Å²) >= 11 is 0. The van der Waals surface area contributed by atoms with Crippen molar-refractivity contribution in [1.29, 1.82) is 0 Å². The predicted octanol–water partition coefficient (Wildman–Crippen LogP) is 3.43. The van der Waals surface area contributed by atoms with Gasteiger partial charge in [0.15, 0.2) is 17.5 Å². The summed E-state index contributed by atoms with van der Waals surface area (Å²) < 4.78 is 12.8. The Bertz CT molecular complexity index is 944. The Morgan fingerprint density at radius 3 is 2.27 bits per heavy atom. The fraction of sp³-hybridized carbons (Fsp3) is 0.273. The Hall–Kier alpha value is -2.75. The van der Waals surface area contributed by atoms with Gasteiger partial charge in [-0.2, -0.15) is 5.10 Å². The molecule has 0 bridgehead atoms. The lowest BCUT2D eigenvalue weighted by Gasteiger charge is -2.16. The van der Waals surface area contributed by atoms with Crippen LogP contribution in [-0.2, 0) is 19.6 Å². The zero-order chi connectivity index (χ0) is 20.5. The van der Waals surface area contributed by atoms with E-state index >= 15 is 0 Å². The minimum Gasteiger partial charge on any atom is -0.493 e. The van der Waals surface area contributed by atoms with E-state index in [1.165, 1.54) is 11.1 Å². The first kappa shape index (κ1) is 23.5. The van der Waals surface area contributed by atoms with Gasteiger partial charge in [-0.1, -0.05) is 36.4 Å². The average molecular weight is 521 g/mol. The monoisotopic (exact) mass is 521 g/mol. The second kappa shape index (κ2) is 12.1. The molecular formula is C22H28IN5O2. The third kappa shape index (κ3) is 6.12. The molecule has 0 saturated carbocycles. The van der Waals surface area contributed by atoms with Crippen LogP contribution < -0.4 is 20.1 Å². The number of methoxy groups -OCH3 is 2. The van der Waals surface area contributed by atoms with Gasteiger partial charge in [-0.25, -0.2) is 0 Å². The number of halogens is 1. The molecule has 1 heterocycles. The van der Waals surface area contributed by atoms with Crippen molar-refractivity contribution in [2.45, 2.75) is 19.6 Å². The van der Waals surface area contributed by atoms with Gasteiger partial charge in [0.2, 0.25) is 0 Å². The van der Waals surface area contributed by atoms with Gasteiger partial charge in [0.25, 0.3) is 0 Å². The maximum absolute atomic E-state index is 5.49. The number of ether oxygens (including phenoxy) is 2. The van der Waals surface area contributed by atoms with Crippen molar-refractivity contribution in [3.8, 4) is 11.5 Å². The van der Waals surface area contributed by atoms with E-state index in [9.17, 15) is 0 Å². The number of hydrogen-bond donors (Lipinski definition) is 2. The van der Waals surface area contributed by atoms with Gasteiger partial charge >= 0.3 is 0 Å². The number of hydrogen-bond acceptors (Lipinski definition) is 4. The SMILES string of the molecule is CN=C(NCc1ccccc1Cn1cccn1)NCc1cccc(OC)c1OC.I. The van der Waals surface area contributed by atoms with Crippen LogP contribution in [0.2, 0.25) is 0 Å². The normalized spacial score (nSPS) is 10.8. The second-order valence-corrected chi connectivity index (χ2v) is 6.40. The molecule has 0 aliphatic rings. The summed E-state index contributed by atoms with van der Waals surface area (Å²) in [6, 6.07) is 16.1. The molecule has 30 heavy (non-hydrogen) atoms. The maximum atomic E-state index is 5.49. The molecule has 3 rings (SSSR count). The van der Waals surface area contributed by atoms with Gasteiger partial charge in [-0.05, 0) is 23.3 Å². The summed E-state index contributed by atoms with van der Waals surface area (Å²) in [5.41, 5.74) is 3.41. The van der Waals surface area contributed by atoms with Crippen LogP contribution in [0.3, 0.4) is 0 Å². The lowest BCUT2D eigenvalue weighted by molar-refractivity contribution is 0.351. The molecule has 0 saturated heterocycles. The highest BCUT2D eigenvalue weighted by atomic mass is 127. The molecule has 8 heteroatoms. The molecule has 2 aromatic carbocycles. The number of aliphatic imine (C=N–C) groups is 1. The van der Waals surface area contributed by atoms with Crippen LogP contribution >= 0.6 is 24.0 Å². The van der Waals surface area contributed by atoms with Crippen molar-refractivity contribution in [2.24, 2.45) is 4.99 Å². The largest absolute Gasteiger partial charge is 0.493 e. The van der Waals surface area contributed by atoms with Crippen molar-refractivity contribution >= 4 is 29.9 Å². The van der Waals surface area contributed by atoms with Crippen LogP contribution in [0.25, 0.3) is 0 Å². The van der Waals surface area contributed by atoms with E-state index in [4.69, 9.17) is 9.47 Å². The maximum Gasteiger partial charge on any atom is 0.191 e. The first-order chi connectivity index (χ1) is 14.2. The Morgan fingerprint density at radius 1 is 0.933 bits per heavy atom. The van der Waals surface area contributed by atoms with Gasteiger partial charge in [0.1, 0.15) is 0 Å². The summed E-state index contributed by atoms with van der Waals surface area (Å²) in [5, 5.41) is 11.0. The molecule has 0 unspecified atom stereocenters. The Balaban J connectivity index is 0.00000320. The number of benzene rings is 2. The Kier molecular flexibility index (Phi) is 9.46. The topological polar surface area (TPSA) is 72.7 Å². The van der Waals surface area contributed by atoms with E-state index in [-0.39, 0.29) is 24.0 Å². The summed E-state index contributed by atoms with van der Waals surface area (Å²) in [6.07, 6.45) is 3.76. The predicted molar refractivity (Wildman–Crippen MR) is 130 cm³/mol. The molecule has 160 valence electrons. The quantitative estimate of drug-likeness (QED) is 0.270. The Labute approximate surface area is 194 Å². The molecule has 2 N–H and O–H groups in total. The standard InChI is InChI=1S/C22H27N5O2.HI/c1-23-22(25-15-18-10-6-11-20(28-2)21(18)29-3)24-14-17-8-4-5-9-19(17)16-27-13-7-12-26-27;/h4-13H,14-16H2,1-3H3,(H2,23,24,25);1H. The summed E-state index contributed by atoms with van der Waals surface area (Å²) in [4.78, 5) is 4.33. The van der Waals surface area contributed by atoms with Crippen molar-refractivity contribution in [2.75, 3.05) is 21.3 Å². The molecule has 0 radical (unpaired) electrons. The van der Waals surface area contributed by atoms with E-state index in [1.807, 2.05) is 47.3 Å². The van der Waals surface area contributed by atoms with E-state index in [2.05, 4.69) is 32.9 Å². The van der Waals surface area contributed by atoms with Gasteiger partial charge < -0.3 is 20.1 Å². The van der Waals surface area contributed by atoms with Crippen LogP contribution in [0.15, 0.2) is 65.9 Å². The molecule has 3 aromatic rings. The van der Waals surface area contributed by atoms with Crippen LogP contribution in [0.4, 0.5) is 0 Å². The summed E-state index contributed by atoms with van der Waals surface area (Å²) in [7, 11) is 5.04. The summed E-state index contributed by atoms with van der Waals surface area (Å²) in [5.74, 6) is 2.15. The number of guanidine groups is 1. The van der Waals surface area contributed by atoms with Gasteiger partial charge in [0, 0.05) is 38.1 Å². The van der Waals surface area contributed by atoms with Crippen molar-refractivity contribution in [3.05, 3.63) is 77.6 Å². The fourth-order valence-electron chi connectivity index (χ4n) is 3.12. The van der Waals surface area contributed by atoms with Gasteiger partial charge in [0.05, 0.1) is 20.8 Å². The van der Waals surface area contributed by atoms with Crippen LogP contribution in [0, 0.1) is 0 Å². The van der Waals surface area contributed by atoms with Gasteiger partial charge in [-0.3, -0.25) is 9.67 Å². The molecule has 7 nitrogen and oxygen atoms in total. The number of para-hydroxylation sites is 1. The van der Waals surface area contributed by atoms with Crippen molar-refractivity contribution in [3.63, 3.8) is 0 Å². The molecule has 1 aromatic heterocycles. The molecule has 0 amide bonds. The smallest absolute Gasteiger partial charge is 0.191 e.